The Morgan fingerprint density at radius 1 is 1.00 bits per heavy atom. The molecule has 28 heavy (non-hydrogen) atoms. The first-order chi connectivity index (χ1) is 13.5. The molecule has 3 aromatic carbocycles. The molecule has 0 aliphatic rings. The number of ketones is 1. The highest BCUT2D eigenvalue weighted by atomic mass is 32.2. The molecule has 0 fully saturated rings. The molecule has 1 N–H and O–H groups in total. The molecular weight excluding hydrogens is 377 g/mol. The summed E-state index contributed by atoms with van der Waals surface area (Å²) in [5.41, 5.74) is 0.836. The second-order valence-corrected chi connectivity index (χ2v) is 6.97. The monoisotopic (exact) mass is 395 g/mol. The standard InChI is InChI=1S/C22H18FNO3S/c1-15(25)16-11-12-21(18(23)13-16)28-14-22(26)24-19-9-5-6-10-20(19)27-17-7-3-2-4-8-17/h2-13H,14H2,1H3,(H,24,26). The maximum absolute atomic E-state index is 14.1. The Morgan fingerprint density at radius 2 is 1.71 bits per heavy atom. The lowest BCUT2D eigenvalue weighted by Gasteiger charge is -2.12. The summed E-state index contributed by atoms with van der Waals surface area (Å²) in [6, 6.07) is 20.6. The Labute approximate surface area is 166 Å². The molecule has 0 bridgehead atoms. The third-order valence-corrected chi connectivity index (χ3v) is 4.88. The number of carbonyl (C=O) groups is 2. The highest BCUT2D eigenvalue weighted by Gasteiger charge is 2.12. The van der Waals surface area contributed by atoms with E-state index in [0.717, 1.165) is 11.8 Å². The van der Waals surface area contributed by atoms with Crippen LogP contribution in [0, 0.1) is 5.82 Å². The smallest absolute Gasteiger partial charge is 0.234 e. The van der Waals surface area contributed by atoms with Crippen LogP contribution in [0.5, 0.6) is 11.5 Å². The summed E-state index contributed by atoms with van der Waals surface area (Å²) in [5.74, 6) is 0.191. The number of para-hydroxylation sites is 3. The van der Waals surface area contributed by atoms with Crippen molar-refractivity contribution >= 4 is 29.1 Å². The number of Topliss-reactive ketones (excluding diaryl/α,β-unsaturated/α-hetero) is 1. The van der Waals surface area contributed by atoms with Gasteiger partial charge in [0.15, 0.2) is 11.5 Å². The fraction of sp³-hybridized carbons (Fsp3) is 0.0909. The van der Waals surface area contributed by atoms with Crippen molar-refractivity contribution in [3.05, 3.63) is 84.2 Å². The average molecular weight is 395 g/mol. The van der Waals surface area contributed by atoms with E-state index in [1.807, 2.05) is 36.4 Å². The van der Waals surface area contributed by atoms with Gasteiger partial charge in [-0.25, -0.2) is 4.39 Å². The zero-order chi connectivity index (χ0) is 19.9. The Balaban J connectivity index is 1.63. The molecule has 3 rings (SSSR count). The first kappa shape index (κ1) is 19.6. The number of nitrogens with one attached hydrogen (secondary N) is 1. The van der Waals surface area contributed by atoms with E-state index in [1.54, 1.807) is 24.3 Å². The molecule has 6 heteroatoms. The van der Waals surface area contributed by atoms with Crippen molar-refractivity contribution in [2.45, 2.75) is 11.8 Å². The third-order valence-electron chi connectivity index (χ3n) is 3.83. The maximum atomic E-state index is 14.1. The molecule has 1 amide bonds. The Bertz CT molecular complexity index is 992. The predicted octanol–water partition coefficient (Wildman–Crippen LogP) is 5.55. The molecule has 0 aromatic heterocycles. The molecule has 0 aliphatic heterocycles. The lowest BCUT2D eigenvalue weighted by Crippen LogP contribution is -2.14. The Hall–Kier alpha value is -3.12. The van der Waals surface area contributed by atoms with Crippen LogP contribution in [0.2, 0.25) is 0 Å². The summed E-state index contributed by atoms with van der Waals surface area (Å²) in [4.78, 5) is 23.9. The van der Waals surface area contributed by atoms with E-state index in [-0.39, 0.29) is 17.4 Å². The minimum atomic E-state index is -0.515. The molecule has 3 aromatic rings. The van der Waals surface area contributed by atoms with Crippen LogP contribution < -0.4 is 10.1 Å². The van der Waals surface area contributed by atoms with E-state index < -0.39 is 5.82 Å². The summed E-state index contributed by atoms with van der Waals surface area (Å²) in [7, 11) is 0. The van der Waals surface area contributed by atoms with Gasteiger partial charge in [-0.15, -0.1) is 11.8 Å². The second-order valence-electron chi connectivity index (χ2n) is 5.95. The van der Waals surface area contributed by atoms with Crippen molar-refractivity contribution in [3.63, 3.8) is 0 Å². The van der Waals surface area contributed by atoms with E-state index >= 15 is 0 Å². The van der Waals surface area contributed by atoms with E-state index in [9.17, 15) is 14.0 Å². The summed E-state index contributed by atoms with van der Waals surface area (Å²) in [5, 5.41) is 2.79. The Morgan fingerprint density at radius 3 is 2.43 bits per heavy atom. The van der Waals surface area contributed by atoms with Gasteiger partial charge in [0.05, 0.1) is 11.4 Å². The van der Waals surface area contributed by atoms with Gasteiger partial charge in [0.1, 0.15) is 11.6 Å². The highest BCUT2D eigenvalue weighted by molar-refractivity contribution is 8.00. The van der Waals surface area contributed by atoms with Gasteiger partial charge in [0.25, 0.3) is 0 Å². The van der Waals surface area contributed by atoms with Gasteiger partial charge in [0.2, 0.25) is 5.91 Å². The van der Waals surface area contributed by atoms with Crippen molar-refractivity contribution in [1.29, 1.82) is 0 Å². The predicted molar refractivity (Wildman–Crippen MR) is 109 cm³/mol. The number of rotatable bonds is 7. The summed E-state index contributed by atoms with van der Waals surface area (Å²) in [6.45, 7) is 1.38. The second kappa shape index (κ2) is 9.19. The quantitative estimate of drug-likeness (QED) is 0.421. The number of anilines is 1. The molecule has 142 valence electrons. The van der Waals surface area contributed by atoms with Crippen LogP contribution in [0.15, 0.2) is 77.7 Å². The molecule has 0 radical (unpaired) electrons. The molecule has 0 atom stereocenters. The molecular formula is C22H18FNO3S. The molecule has 0 saturated carbocycles. The third kappa shape index (κ3) is 5.20. The van der Waals surface area contributed by atoms with Crippen LogP contribution in [-0.4, -0.2) is 17.4 Å². The number of hydrogen-bond donors (Lipinski definition) is 1. The molecule has 0 saturated heterocycles. The number of benzene rings is 3. The van der Waals surface area contributed by atoms with Crippen molar-refractivity contribution in [3.8, 4) is 11.5 Å². The number of amides is 1. The average Bonchev–Trinajstić information content (AvgIpc) is 2.69. The van der Waals surface area contributed by atoms with Crippen LogP contribution >= 0.6 is 11.8 Å². The minimum absolute atomic E-state index is 0.0238. The van der Waals surface area contributed by atoms with E-state index in [1.165, 1.54) is 19.1 Å². The maximum Gasteiger partial charge on any atom is 0.234 e. The van der Waals surface area contributed by atoms with Gasteiger partial charge >= 0.3 is 0 Å². The number of carbonyl (C=O) groups excluding carboxylic acids is 2. The molecule has 0 aliphatic carbocycles. The van der Waals surface area contributed by atoms with E-state index in [0.29, 0.717) is 27.6 Å². The zero-order valence-corrected chi connectivity index (χ0v) is 16.0. The largest absolute Gasteiger partial charge is 0.455 e. The number of halogens is 1. The summed E-state index contributed by atoms with van der Waals surface area (Å²) in [6.07, 6.45) is 0. The van der Waals surface area contributed by atoms with Crippen LogP contribution in [0.25, 0.3) is 0 Å². The van der Waals surface area contributed by atoms with Gasteiger partial charge in [0, 0.05) is 10.5 Å². The molecule has 0 unspecified atom stereocenters. The van der Waals surface area contributed by atoms with Crippen molar-refractivity contribution in [2.75, 3.05) is 11.1 Å². The van der Waals surface area contributed by atoms with Crippen LogP contribution in [0.4, 0.5) is 10.1 Å². The summed E-state index contributed by atoms with van der Waals surface area (Å²) < 4.78 is 19.9. The van der Waals surface area contributed by atoms with Crippen molar-refractivity contribution < 1.29 is 18.7 Å². The van der Waals surface area contributed by atoms with Gasteiger partial charge in [-0.2, -0.15) is 0 Å². The van der Waals surface area contributed by atoms with Gasteiger partial charge in [-0.1, -0.05) is 36.4 Å². The Kier molecular flexibility index (Phi) is 6.45. The normalized spacial score (nSPS) is 10.4. The van der Waals surface area contributed by atoms with Gasteiger partial charge in [-0.05, 0) is 43.3 Å². The topological polar surface area (TPSA) is 55.4 Å². The van der Waals surface area contributed by atoms with Crippen molar-refractivity contribution in [2.24, 2.45) is 0 Å². The fourth-order valence-electron chi connectivity index (χ4n) is 2.44. The van der Waals surface area contributed by atoms with Gasteiger partial charge < -0.3 is 10.1 Å². The van der Waals surface area contributed by atoms with Crippen LogP contribution in [-0.2, 0) is 4.79 Å². The minimum Gasteiger partial charge on any atom is -0.455 e. The van der Waals surface area contributed by atoms with Crippen LogP contribution in [0.1, 0.15) is 17.3 Å². The highest BCUT2D eigenvalue weighted by Crippen LogP contribution is 2.29. The number of hydrogen-bond acceptors (Lipinski definition) is 4. The van der Waals surface area contributed by atoms with E-state index in [4.69, 9.17) is 4.74 Å². The summed E-state index contributed by atoms with van der Waals surface area (Å²) >= 11 is 1.07. The van der Waals surface area contributed by atoms with Crippen LogP contribution in [0.3, 0.4) is 0 Å². The lowest BCUT2D eigenvalue weighted by atomic mass is 10.1. The fourth-order valence-corrected chi connectivity index (χ4v) is 3.16. The molecule has 0 heterocycles. The first-order valence-electron chi connectivity index (χ1n) is 8.58. The molecule has 4 nitrogen and oxygen atoms in total. The van der Waals surface area contributed by atoms with Gasteiger partial charge in [-0.3, -0.25) is 9.59 Å². The van der Waals surface area contributed by atoms with E-state index in [2.05, 4.69) is 5.32 Å². The first-order valence-corrected chi connectivity index (χ1v) is 9.56. The van der Waals surface area contributed by atoms with Crippen molar-refractivity contribution in [1.82, 2.24) is 0 Å². The SMILES string of the molecule is CC(=O)c1ccc(SCC(=O)Nc2ccccc2Oc2ccccc2)c(F)c1. The molecule has 0 spiro atoms. The number of thioether (sulfide) groups is 1. The zero-order valence-electron chi connectivity index (χ0n) is 15.1. The lowest BCUT2D eigenvalue weighted by molar-refractivity contribution is -0.113. The number of ether oxygens (including phenoxy) is 1.